The standard InChI is InChI=1S/C9H20N2O4S/c1-4-6-7-8(9(12)13)10-16(14,15)11(3)5-2/h8,10H,4-7H2,1-3H3,(H,12,13)/t8-/m0/s1. The number of aliphatic carboxylic acids is 1. The molecule has 6 nitrogen and oxygen atoms in total. The number of nitrogens with zero attached hydrogens (tertiary/aromatic N) is 1. The van der Waals surface area contributed by atoms with Crippen LogP contribution in [0.2, 0.25) is 0 Å². The molecule has 16 heavy (non-hydrogen) atoms. The minimum Gasteiger partial charge on any atom is -0.480 e. The smallest absolute Gasteiger partial charge is 0.321 e. The van der Waals surface area contributed by atoms with E-state index >= 15 is 0 Å². The first-order valence-electron chi connectivity index (χ1n) is 5.31. The molecule has 0 amide bonds. The molecule has 0 aliphatic carbocycles. The van der Waals surface area contributed by atoms with Crippen LogP contribution in [0.25, 0.3) is 0 Å². The topological polar surface area (TPSA) is 86.7 Å². The van der Waals surface area contributed by atoms with E-state index in [-0.39, 0.29) is 0 Å². The van der Waals surface area contributed by atoms with Gasteiger partial charge in [0.1, 0.15) is 6.04 Å². The fourth-order valence-electron chi connectivity index (χ4n) is 1.08. The molecule has 0 saturated heterocycles. The first-order valence-corrected chi connectivity index (χ1v) is 6.75. The highest BCUT2D eigenvalue weighted by atomic mass is 32.2. The monoisotopic (exact) mass is 252 g/mol. The Morgan fingerprint density at radius 2 is 2.00 bits per heavy atom. The van der Waals surface area contributed by atoms with Gasteiger partial charge in [-0.2, -0.15) is 17.4 Å². The molecule has 0 heterocycles. The van der Waals surface area contributed by atoms with E-state index in [0.717, 1.165) is 10.7 Å². The Labute approximate surface area is 96.8 Å². The maximum Gasteiger partial charge on any atom is 0.321 e. The van der Waals surface area contributed by atoms with E-state index < -0.39 is 22.2 Å². The lowest BCUT2D eigenvalue weighted by molar-refractivity contribution is -0.139. The summed E-state index contributed by atoms with van der Waals surface area (Å²) >= 11 is 0. The van der Waals surface area contributed by atoms with E-state index in [4.69, 9.17) is 5.11 Å². The van der Waals surface area contributed by atoms with Gasteiger partial charge in [0.15, 0.2) is 0 Å². The zero-order valence-corrected chi connectivity index (χ0v) is 10.7. The Hall–Kier alpha value is -0.660. The van der Waals surface area contributed by atoms with Crippen molar-refractivity contribution >= 4 is 16.2 Å². The number of nitrogens with one attached hydrogen (secondary N) is 1. The van der Waals surface area contributed by atoms with Crippen LogP contribution in [0, 0.1) is 0 Å². The maximum atomic E-state index is 11.6. The van der Waals surface area contributed by atoms with Gasteiger partial charge in [0.25, 0.3) is 10.2 Å². The lowest BCUT2D eigenvalue weighted by Crippen LogP contribution is -2.46. The highest BCUT2D eigenvalue weighted by Crippen LogP contribution is 2.04. The molecule has 1 atom stereocenters. The Kier molecular flexibility index (Phi) is 6.54. The van der Waals surface area contributed by atoms with Crippen LogP contribution in [-0.4, -0.2) is 43.4 Å². The van der Waals surface area contributed by atoms with E-state index in [0.29, 0.717) is 19.4 Å². The second-order valence-electron chi connectivity index (χ2n) is 3.57. The highest BCUT2D eigenvalue weighted by Gasteiger charge is 2.25. The first kappa shape index (κ1) is 15.3. The lowest BCUT2D eigenvalue weighted by atomic mass is 10.1. The first-order chi connectivity index (χ1) is 7.35. The van der Waals surface area contributed by atoms with Gasteiger partial charge in [-0.3, -0.25) is 4.79 Å². The Bertz CT molecular complexity index is 315. The Balaban J connectivity index is 4.56. The molecule has 96 valence electrons. The van der Waals surface area contributed by atoms with Gasteiger partial charge < -0.3 is 5.11 Å². The molecule has 0 aromatic carbocycles. The van der Waals surface area contributed by atoms with Crippen LogP contribution in [0.3, 0.4) is 0 Å². The number of carboxylic acid groups (broad SMARTS) is 1. The third-order valence-corrected chi connectivity index (χ3v) is 3.95. The minimum absolute atomic E-state index is 0.301. The molecule has 0 aliphatic rings. The third-order valence-electron chi connectivity index (χ3n) is 2.29. The van der Waals surface area contributed by atoms with Gasteiger partial charge in [0, 0.05) is 13.6 Å². The second-order valence-corrected chi connectivity index (χ2v) is 5.38. The summed E-state index contributed by atoms with van der Waals surface area (Å²) in [4.78, 5) is 10.8. The molecule has 0 saturated carbocycles. The second kappa shape index (κ2) is 6.82. The quantitative estimate of drug-likeness (QED) is 0.655. The molecule has 2 N–H and O–H groups in total. The van der Waals surface area contributed by atoms with Crippen LogP contribution in [0.15, 0.2) is 0 Å². The van der Waals surface area contributed by atoms with Gasteiger partial charge in [-0.1, -0.05) is 26.7 Å². The summed E-state index contributed by atoms with van der Waals surface area (Å²) < 4.78 is 26.4. The summed E-state index contributed by atoms with van der Waals surface area (Å²) in [5.41, 5.74) is 0. The molecule has 0 aromatic heterocycles. The molecular weight excluding hydrogens is 232 g/mol. The van der Waals surface area contributed by atoms with Gasteiger partial charge in [0.05, 0.1) is 0 Å². The predicted molar refractivity (Wildman–Crippen MR) is 61.3 cm³/mol. The van der Waals surface area contributed by atoms with Crippen molar-refractivity contribution in [3.63, 3.8) is 0 Å². The van der Waals surface area contributed by atoms with Gasteiger partial charge in [-0.15, -0.1) is 0 Å². The Morgan fingerprint density at radius 3 is 2.38 bits per heavy atom. The van der Waals surface area contributed by atoms with Gasteiger partial charge in [0.2, 0.25) is 0 Å². The van der Waals surface area contributed by atoms with Gasteiger partial charge >= 0.3 is 5.97 Å². The van der Waals surface area contributed by atoms with Crippen molar-refractivity contribution in [2.75, 3.05) is 13.6 Å². The normalized spacial score (nSPS) is 14.0. The summed E-state index contributed by atoms with van der Waals surface area (Å²) in [6.45, 7) is 3.90. The largest absolute Gasteiger partial charge is 0.480 e. The molecule has 0 rings (SSSR count). The summed E-state index contributed by atoms with van der Waals surface area (Å²) in [7, 11) is -2.28. The van der Waals surface area contributed by atoms with Gasteiger partial charge in [-0.05, 0) is 6.42 Å². The average Bonchev–Trinajstić information content (AvgIpc) is 2.22. The molecule has 0 fully saturated rings. The van der Waals surface area contributed by atoms with Crippen LogP contribution in [0.1, 0.15) is 33.1 Å². The zero-order valence-electron chi connectivity index (χ0n) is 9.93. The van der Waals surface area contributed by atoms with Crippen LogP contribution < -0.4 is 4.72 Å². The van der Waals surface area contributed by atoms with Crippen molar-refractivity contribution in [3.8, 4) is 0 Å². The number of unbranched alkanes of at least 4 members (excludes halogenated alkanes) is 1. The number of hydrogen-bond donors (Lipinski definition) is 2. The Morgan fingerprint density at radius 1 is 1.44 bits per heavy atom. The number of carbonyl (C=O) groups is 1. The molecular formula is C9H20N2O4S. The van der Waals surface area contributed by atoms with Crippen LogP contribution in [-0.2, 0) is 15.0 Å². The predicted octanol–water partition coefficient (Wildman–Crippen LogP) is 0.416. The molecule has 0 unspecified atom stereocenters. The average molecular weight is 252 g/mol. The van der Waals surface area contributed by atoms with E-state index in [1.165, 1.54) is 7.05 Å². The molecule has 0 spiro atoms. The number of carboxylic acids is 1. The van der Waals surface area contributed by atoms with Crippen molar-refractivity contribution in [2.24, 2.45) is 0 Å². The molecule has 0 aliphatic heterocycles. The van der Waals surface area contributed by atoms with Crippen LogP contribution >= 0.6 is 0 Å². The fourth-order valence-corrected chi connectivity index (χ4v) is 2.18. The third kappa shape index (κ3) is 4.91. The molecule has 7 heteroatoms. The molecule has 0 aromatic rings. The van der Waals surface area contributed by atoms with E-state index in [1.54, 1.807) is 6.92 Å². The maximum absolute atomic E-state index is 11.6. The van der Waals surface area contributed by atoms with Crippen molar-refractivity contribution in [1.82, 2.24) is 9.03 Å². The van der Waals surface area contributed by atoms with E-state index in [9.17, 15) is 13.2 Å². The van der Waals surface area contributed by atoms with E-state index in [2.05, 4.69) is 4.72 Å². The SMILES string of the molecule is CCCC[C@H](NS(=O)(=O)N(C)CC)C(=O)O. The van der Waals surface area contributed by atoms with Gasteiger partial charge in [-0.25, -0.2) is 0 Å². The van der Waals surface area contributed by atoms with Crippen molar-refractivity contribution in [1.29, 1.82) is 0 Å². The summed E-state index contributed by atoms with van der Waals surface area (Å²) in [5, 5.41) is 8.87. The van der Waals surface area contributed by atoms with Crippen LogP contribution in [0.4, 0.5) is 0 Å². The number of rotatable bonds is 8. The highest BCUT2D eigenvalue weighted by molar-refractivity contribution is 7.87. The molecule has 0 radical (unpaired) electrons. The lowest BCUT2D eigenvalue weighted by Gasteiger charge is -2.19. The fraction of sp³-hybridized carbons (Fsp3) is 0.889. The number of hydrogen-bond acceptors (Lipinski definition) is 3. The van der Waals surface area contributed by atoms with Crippen molar-refractivity contribution in [3.05, 3.63) is 0 Å². The summed E-state index contributed by atoms with van der Waals surface area (Å²) in [5.74, 6) is -1.14. The van der Waals surface area contributed by atoms with E-state index in [1.807, 2.05) is 6.92 Å². The van der Waals surface area contributed by atoms with Crippen LogP contribution in [0.5, 0.6) is 0 Å². The van der Waals surface area contributed by atoms with Crippen molar-refractivity contribution < 1.29 is 18.3 Å². The summed E-state index contributed by atoms with van der Waals surface area (Å²) in [6.07, 6.45) is 1.81. The summed E-state index contributed by atoms with van der Waals surface area (Å²) in [6, 6.07) is -1.04. The minimum atomic E-state index is -3.68. The molecule has 0 bridgehead atoms. The van der Waals surface area contributed by atoms with Crippen molar-refractivity contribution in [2.45, 2.75) is 39.2 Å². The zero-order chi connectivity index (χ0) is 12.8.